The maximum atomic E-state index is 12.9. The fraction of sp³-hybridized carbons (Fsp3) is 0.130. The van der Waals surface area contributed by atoms with Crippen molar-refractivity contribution in [3.8, 4) is 5.75 Å². The summed E-state index contributed by atoms with van der Waals surface area (Å²) in [7, 11) is 0. The first-order valence-corrected chi connectivity index (χ1v) is 9.16. The maximum Gasteiger partial charge on any atom is 0.243 e. The first-order chi connectivity index (χ1) is 14.1. The van der Waals surface area contributed by atoms with E-state index in [0.29, 0.717) is 23.6 Å². The molecule has 3 aromatic carbocycles. The number of hydrogen-bond acceptors (Lipinski definition) is 3. The third-order valence-electron chi connectivity index (χ3n) is 4.11. The lowest BCUT2D eigenvalue weighted by atomic mass is 10.1. The number of hydrogen-bond donors (Lipinski definition) is 2. The van der Waals surface area contributed by atoms with Crippen LogP contribution >= 0.6 is 0 Å². The van der Waals surface area contributed by atoms with Gasteiger partial charge in [0.2, 0.25) is 11.8 Å². The minimum atomic E-state index is -0.356. The monoisotopic (exact) mass is 392 g/mol. The summed E-state index contributed by atoms with van der Waals surface area (Å²) in [5, 5.41) is 5.26. The molecule has 0 aromatic heterocycles. The summed E-state index contributed by atoms with van der Waals surface area (Å²) < 4.78 is 18.6. The first kappa shape index (κ1) is 20.1. The normalized spacial score (nSPS) is 10.2. The van der Waals surface area contributed by atoms with Crippen molar-refractivity contribution in [2.75, 3.05) is 11.9 Å². The average molecular weight is 392 g/mol. The van der Waals surface area contributed by atoms with E-state index in [-0.39, 0.29) is 30.6 Å². The highest BCUT2D eigenvalue weighted by Crippen LogP contribution is 2.17. The zero-order valence-corrected chi connectivity index (χ0v) is 15.7. The molecule has 0 bridgehead atoms. The molecule has 29 heavy (non-hydrogen) atoms. The van der Waals surface area contributed by atoms with Crippen molar-refractivity contribution in [1.82, 2.24) is 5.32 Å². The van der Waals surface area contributed by atoms with Crippen molar-refractivity contribution < 1.29 is 18.7 Å². The van der Waals surface area contributed by atoms with E-state index in [4.69, 9.17) is 4.74 Å². The summed E-state index contributed by atoms with van der Waals surface area (Å²) in [5.41, 5.74) is 2.35. The smallest absolute Gasteiger partial charge is 0.243 e. The number of anilines is 1. The van der Waals surface area contributed by atoms with Gasteiger partial charge in [-0.3, -0.25) is 9.59 Å². The predicted octanol–water partition coefficient (Wildman–Crippen LogP) is 3.70. The van der Waals surface area contributed by atoms with E-state index in [1.165, 1.54) is 24.3 Å². The van der Waals surface area contributed by atoms with Crippen LogP contribution in [0.2, 0.25) is 0 Å². The van der Waals surface area contributed by atoms with Crippen molar-refractivity contribution in [3.05, 3.63) is 95.8 Å². The van der Waals surface area contributed by atoms with Gasteiger partial charge in [-0.05, 0) is 47.5 Å². The molecule has 0 atom stereocenters. The predicted molar refractivity (Wildman–Crippen MR) is 109 cm³/mol. The molecule has 0 aliphatic rings. The molecule has 5 nitrogen and oxygen atoms in total. The molecule has 0 aliphatic heterocycles. The number of ether oxygens (including phenoxy) is 1. The largest absolute Gasteiger partial charge is 0.489 e. The molecular formula is C23H21FN2O3. The molecule has 6 heteroatoms. The Bertz CT molecular complexity index is 942. The number of nitrogens with one attached hydrogen (secondary N) is 2. The quantitative estimate of drug-likeness (QED) is 0.614. The van der Waals surface area contributed by atoms with Crippen LogP contribution in [0.5, 0.6) is 5.75 Å². The third kappa shape index (κ3) is 6.77. The molecule has 2 N–H and O–H groups in total. The van der Waals surface area contributed by atoms with Gasteiger partial charge in [-0.15, -0.1) is 0 Å². The standard InChI is InChI=1S/C23H21FN2O3/c24-19-8-6-17(7-9-19)14-22(27)25-15-23(28)26-20-10-12-21(13-11-20)29-16-18-4-2-1-3-5-18/h1-13H,14-16H2,(H,25,27)(H,26,28). The van der Waals surface area contributed by atoms with E-state index in [1.54, 1.807) is 24.3 Å². The lowest BCUT2D eigenvalue weighted by Gasteiger charge is -2.09. The van der Waals surface area contributed by atoms with Gasteiger partial charge in [-0.2, -0.15) is 0 Å². The SMILES string of the molecule is O=C(Cc1ccc(F)cc1)NCC(=O)Nc1ccc(OCc2ccccc2)cc1. The Morgan fingerprint density at radius 3 is 2.17 bits per heavy atom. The van der Waals surface area contributed by atoms with E-state index in [2.05, 4.69) is 10.6 Å². The van der Waals surface area contributed by atoms with Crippen molar-refractivity contribution in [2.45, 2.75) is 13.0 Å². The molecule has 148 valence electrons. The van der Waals surface area contributed by atoms with Crippen LogP contribution in [0.4, 0.5) is 10.1 Å². The first-order valence-electron chi connectivity index (χ1n) is 9.16. The van der Waals surface area contributed by atoms with Gasteiger partial charge in [-0.25, -0.2) is 4.39 Å². The van der Waals surface area contributed by atoms with Crippen molar-refractivity contribution >= 4 is 17.5 Å². The van der Waals surface area contributed by atoms with E-state index >= 15 is 0 Å². The van der Waals surface area contributed by atoms with Gasteiger partial charge in [0.15, 0.2) is 0 Å². The summed E-state index contributed by atoms with van der Waals surface area (Å²) in [6, 6.07) is 22.5. The van der Waals surface area contributed by atoms with Crippen LogP contribution in [0.15, 0.2) is 78.9 Å². The van der Waals surface area contributed by atoms with Gasteiger partial charge in [0.05, 0.1) is 13.0 Å². The van der Waals surface area contributed by atoms with Gasteiger partial charge in [0.25, 0.3) is 0 Å². The Kier molecular flexibility index (Phi) is 6.95. The van der Waals surface area contributed by atoms with E-state index in [0.717, 1.165) is 5.56 Å². The summed E-state index contributed by atoms with van der Waals surface area (Å²) in [6.07, 6.45) is 0.0843. The molecule has 0 fully saturated rings. The number of carbonyl (C=O) groups is 2. The molecular weight excluding hydrogens is 371 g/mol. The second-order valence-electron chi connectivity index (χ2n) is 6.43. The Morgan fingerprint density at radius 2 is 1.48 bits per heavy atom. The van der Waals surface area contributed by atoms with Crippen molar-refractivity contribution in [1.29, 1.82) is 0 Å². The number of rotatable bonds is 8. The maximum absolute atomic E-state index is 12.9. The summed E-state index contributed by atoms with van der Waals surface area (Å²) in [6.45, 7) is 0.318. The third-order valence-corrected chi connectivity index (χ3v) is 4.11. The lowest BCUT2D eigenvalue weighted by molar-refractivity contribution is -0.123. The Labute approximate surface area is 168 Å². The second kappa shape index (κ2) is 10.0. The van der Waals surface area contributed by atoms with Crippen LogP contribution in [0.25, 0.3) is 0 Å². The topological polar surface area (TPSA) is 67.4 Å². The van der Waals surface area contributed by atoms with Gasteiger partial charge in [0.1, 0.15) is 18.2 Å². The average Bonchev–Trinajstić information content (AvgIpc) is 2.74. The number of amides is 2. The molecule has 0 saturated heterocycles. The Morgan fingerprint density at radius 1 is 0.793 bits per heavy atom. The molecule has 0 radical (unpaired) electrons. The zero-order chi connectivity index (χ0) is 20.5. The van der Waals surface area contributed by atoms with Crippen LogP contribution in [-0.4, -0.2) is 18.4 Å². The fourth-order valence-corrected chi connectivity index (χ4v) is 2.61. The summed E-state index contributed by atoms with van der Waals surface area (Å²) in [4.78, 5) is 23.9. The summed E-state index contributed by atoms with van der Waals surface area (Å²) >= 11 is 0. The number of carbonyl (C=O) groups excluding carboxylic acids is 2. The minimum absolute atomic E-state index is 0.0843. The fourth-order valence-electron chi connectivity index (χ4n) is 2.61. The second-order valence-corrected chi connectivity index (χ2v) is 6.43. The Balaban J connectivity index is 1.40. The lowest BCUT2D eigenvalue weighted by Crippen LogP contribution is -2.33. The molecule has 0 spiro atoms. The molecule has 3 rings (SSSR count). The number of benzene rings is 3. The van der Waals surface area contributed by atoms with Crippen LogP contribution in [0, 0.1) is 5.82 Å². The van der Waals surface area contributed by atoms with Gasteiger partial charge < -0.3 is 15.4 Å². The Hall–Kier alpha value is -3.67. The molecule has 3 aromatic rings. The van der Waals surface area contributed by atoms with Crippen LogP contribution in [-0.2, 0) is 22.6 Å². The molecule has 0 unspecified atom stereocenters. The van der Waals surface area contributed by atoms with Crippen LogP contribution < -0.4 is 15.4 Å². The van der Waals surface area contributed by atoms with Gasteiger partial charge in [0, 0.05) is 5.69 Å². The van der Waals surface area contributed by atoms with Crippen molar-refractivity contribution in [3.63, 3.8) is 0 Å². The summed E-state index contributed by atoms with van der Waals surface area (Å²) in [5.74, 6) is -0.309. The molecule has 2 amide bonds. The van der Waals surface area contributed by atoms with Crippen molar-refractivity contribution in [2.24, 2.45) is 0 Å². The highest BCUT2D eigenvalue weighted by molar-refractivity contribution is 5.94. The van der Waals surface area contributed by atoms with Gasteiger partial charge >= 0.3 is 0 Å². The van der Waals surface area contributed by atoms with Crippen LogP contribution in [0.1, 0.15) is 11.1 Å². The molecule has 0 saturated carbocycles. The molecule has 0 heterocycles. The number of halogens is 1. The zero-order valence-electron chi connectivity index (χ0n) is 15.7. The highest BCUT2D eigenvalue weighted by atomic mass is 19.1. The molecule has 0 aliphatic carbocycles. The van der Waals surface area contributed by atoms with Gasteiger partial charge in [-0.1, -0.05) is 42.5 Å². The highest BCUT2D eigenvalue weighted by Gasteiger charge is 2.07. The van der Waals surface area contributed by atoms with E-state index in [9.17, 15) is 14.0 Å². The van der Waals surface area contributed by atoms with Crippen LogP contribution in [0.3, 0.4) is 0 Å². The van der Waals surface area contributed by atoms with E-state index in [1.807, 2.05) is 30.3 Å². The minimum Gasteiger partial charge on any atom is -0.489 e. The van der Waals surface area contributed by atoms with E-state index < -0.39 is 0 Å².